The van der Waals surface area contributed by atoms with Gasteiger partial charge in [0, 0.05) is 18.0 Å². The Bertz CT molecular complexity index is 1210. The molecule has 2 aromatic heterocycles. The van der Waals surface area contributed by atoms with Gasteiger partial charge in [0.2, 0.25) is 6.79 Å². The third kappa shape index (κ3) is 3.40. The first-order chi connectivity index (χ1) is 14.2. The lowest BCUT2D eigenvalue weighted by molar-refractivity contribution is 0.0984. The Balaban J connectivity index is 1.56. The quantitative estimate of drug-likeness (QED) is 0.499. The number of carbonyl (C=O) groups excluding carboxylic acids is 1. The van der Waals surface area contributed by atoms with Gasteiger partial charge in [0.15, 0.2) is 16.6 Å². The van der Waals surface area contributed by atoms with Gasteiger partial charge in [-0.05, 0) is 54.4 Å². The minimum atomic E-state index is -0.150. The van der Waals surface area contributed by atoms with E-state index in [-0.39, 0.29) is 12.7 Å². The van der Waals surface area contributed by atoms with Crippen LogP contribution in [0.4, 0.5) is 5.13 Å². The van der Waals surface area contributed by atoms with Crippen molar-refractivity contribution in [3.8, 4) is 11.5 Å². The number of aromatic nitrogens is 2. The molecule has 0 aliphatic carbocycles. The molecule has 2 aromatic carbocycles. The zero-order valence-electron chi connectivity index (χ0n) is 15.7. The topological polar surface area (TPSA) is 64.6 Å². The van der Waals surface area contributed by atoms with Crippen LogP contribution in [0.1, 0.15) is 21.5 Å². The van der Waals surface area contributed by atoms with E-state index < -0.39 is 0 Å². The lowest BCUT2D eigenvalue weighted by atomic mass is 10.1. The maximum absolute atomic E-state index is 13.5. The van der Waals surface area contributed by atoms with Gasteiger partial charge in [-0.15, -0.1) is 0 Å². The van der Waals surface area contributed by atoms with Gasteiger partial charge in [0.05, 0.1) is 16.8 Å². The molecule has 4 aromatic rings. The van der Waals surface area contributed by atoms with E-state index in [1.807, 2.05) is 31.2 Å². The van der Waals surface area contributed by atoms with Gasteiger partial charge in [0.25, 0.3) is 5.91 Å². The summed E-state index contributed by atoms with van der Waals surface area (Å²) in [6.45, 7) is 2.59. The molecular weight excluding hydrogens is 386 g/mol. The van der Waals surface area contributed by atoms with E-state index in [1.165, 1.54) is 11.3 Å². The number of hydrogen-bond donors (Lipinski definition) is 0. The summed E-state index contributed by atoms with van der Waals surface area (Å²) >= 11 is 1.50. The second kappa shape index (κ2) is 7.18. The van der Waals surface area contributed by atoms with E-state index in [1.54, 1.807) is 35.5 Å². The number of anilines is 1. The number of ether oxygens (including phenoxy) is 2. The number of carbonyl (C=O) groups is 1. The second-order valence-electron chi connectivity index (χ2n) is 6.79. The van der Waals surface area contributed by atoms with Crippen LogP contribution in [0.15, 0.2) is 60.9 Å². The van der Waals surface area contributed by atoms with E-state index in [2.05, 4.69) is 11.1 Å². The number of aryl methyl sites for hydroxylation is 1. The molecule has 6 nitrogen and oxygen atoms in total. The van der Waals surface area contributed by atoms with E-state index >= 15 is 0 Å². The highest BCUT2D eigenvalue weighted by atomic mass is 32.1. The van der Waals surface area contributed by atoms with Crippen molar-refractivity contribution in [2.45, 2.75) is 13.5 Å². The molecule has 0 saturated carbocycles. The molecule has 0 atom stereocenters. The zero-order chi connectivity index (χ0) is 19.8. The number of hydrogen-bond acceptors (Lipinski definition) is 6. The Morgan fingerprint density at radius 1 is 1.14 bits per heavy atom. The standard InChI is InChI=1S/C22H17N3O3S/c1-14-4-6-17-20(9-14)29-22(24-17)25(12-15-3-2-8-23-11-15)21(26)16-5-7-18-19(10-16)28-13-27-18/h2-11H,12-13H2,1H3. The van der Waals surface area contributed by atoms with Crippen molar-refractivity contribution in [3.05, 3.63) is 77.6 Å². The van der Waals surface area contributed by atoms with Gasteiger partial charge in [-0.25, -0.2) is 4.98 Å². The molecule has 1 amide bonds. The smallest absolute Gasteiger partial charge is 0.260 e. The number of nitrogens with zero attached hydrogens (tertiary/aromatic N) is 3. The lowest BCUT2D eigenvalue weighted by Crippen LogP contribution is -2.30. The van der Waals surface area contributed by atoms with Crippen LogP contribution in [0.2, 0.25) is 0 Å². The summed E-state index contributed by atoms with van der Waals surface area (Å²) in [4.78, 5) is 24.0. The highest BCUT2D eigenvalue weighted by Crippen LogP contribution is 2.35. The first-order valence-corrected chi connectivity index (χ1v) is 9.97. The van der Waals surface area contributed by atoms with Crippen LogP contribution in [-0.4, -0.2) is 22.7 Å². The molecule has 29 heavy (non-hydrogen) atoms. The fourth-order valence-electron chi connectivity index (χ4n) is 3.22. The molecule has 0 spiro atoms. The number of thiazole rings is 1. The second-order valence-corrected chi connectivity index (χ2v) is 7.80. The number of amides is 1. The molecule has 0 unspecified atom stereocenters. The summed E-state index contributed by atoms with van der Waals surface area (Å²) in [6.07, 6.45) is 3.48. The van der Waals surface area contributed by atoms with E-state index in [0.717, 1.165) is 21.3 Å². The number of pyridine rings is 1. The van der Waals surface area contributed by atoms with Crippen LogP contribution in [0.5, 0.6) is 11.5 Å². The fraction of sp³-hybridized carbons (Fsp3) is 0.136. The summed E-state index contributed by atoms with van der Waals surface area (Å²) < 4.78 is 11.8. The Hall–Kier alpha value is -3.45. The molecule has 3 heterocycles. The Labute approximate surface area is 171 Å². The molecule has 0 saturated heterocycles. The van der Waals surface area contributed by atoms with Crippen LogP contribution in [0, 0.1) is 6.92 Å². The molecular formula is C22H17N3O3S. The van der Waals surface area contributed by atoms with Gasteiger partial charge in [-0.1, -0.05) is 23.5 Å². The van der Waals surface area contributed by atoms with Crippen LogP contribution in [0.25, 0.3) is 10.2 Å². The van der Waals surface area contributed by atoms with E-state index in [4.69, 9.17) is 14.5 Å². The van der Waals surface area contributed by atoms with Crippen LogP contribution in [-0.2, 0) is 6.54 Å². The molecule has 144 valence electrons. The predicted octanol–water partition coefficient (Wildman–Crippen LogP) is 4.58. The molecule has 0 radical (unpaired) electrons. The average Bonchev–Trinajstić information content (AvgIpc) is 3.38. The molecule has 1 aliphatic rings. The van der Waals surface area contributed by atoms with Gasteiger partial charge in [-0.2, -0.15) is 0 Å². The monoisotopic (exact) mass is 403 g/mol. The first kappa shape index (κ1) is 17.6. The van der Waals surface area contributed by atoms with E-state index in [0.29, 0.717) is 28.7 Å². The van der Waals surface area contributed by atoms with Crippen molar-refractivity contribution in [2.24, 2.45) is 0 Å². The zero-order valence-corrected chi connectivity index (χ0v) is 16.5. The summed E-state index contributed by atoms with van der Waals surface area (Å²) in [5.41, 5.74) is 3.49. The van der Waals surface area contributed by atoms with Gasteiger partial charge < -0.3 is 9.47 Å². The number of benzene rings is 2. The van der Waals surface area contributed by atoms with Crippen molar-refractivity contribution in [2.75, 3.05) is 11.7 Å². The minimum absolute atomic E-state index is 0.150. The largest absolute Gasteiger partial charge is 0.454 e. The average molecular weight is 403 g/mol. The summed E-state index contributed by atoms with van der Waals surface area (Å²) in [7, 11) is 0. The maximum atomic E-state index is 13.5. The van der Waals surface area contributed by atoms with Gasteiger partial charge in [0.1, 0.15) is 0 Å². The highest BCUT2D eigenvalue weighted by molar-refractivity contribution is 7.22. The molecule has 5 rings (SSSR count). The maximum Gasteiger partial charge on any atom is 0.260 e. The van der Waals surface area contributed by atoms with E-state index in [9.17, 15) is 4.79 Å². The first-order valence-electron chi connectivity index (χ1n) is 9.15. The SMILES string of the molecule is Cc1ccc2nc(N(Cc3cccnc3)C(=O)c3ccc4c(c3)OCO4)sc2c1. The normalized spacial score (nSPS) is 12.3. The third-order valence-electron chi connectivity index (χ3n) is 4.69. The van der Waals surface area contributed by atoms with Crippen molar-refractivity contribution in [1.82, 2.24) is 9.97 Å². The lowest BCUT2D eigenvalue weighted by Gasteiger charge is -2.20. The summed E-state index contributed by atoms with van der Waals surface area (Å²) in [6, 6.07) is 15.1. The molecule has 7 heteroatoms. The van der Waals surface area contributed by atoms with Crippen molar-refractivity contribution < 1.29 is 14.3 Å². The number of fused-ring (bicyclic) bond motifs is 2. The van der Waals surface area contributed by atoms with Crippen LogP contribution in [0.3, 0.4) is 0 Å². The molecule has 0 fully saturated rings. The van der Waals surface area contributed by atoms with Crippen molar-refractivity contribution in [1.29, 1.82) is 0 Å². The van der Waals surface area contributed by atoms with Crippen molar-refractivity contribution >= 4 is 32.6 Å². The highest BCUT2D eigenvalue weighted by Gasteiger charge is 2.24. The summed E-state index contributed by atoms with van der Waals surface area (Å²) in [5.74, 6) is 1.08. The van der Waals surface area contributed by atoms with Crippen LogP contribution < -0.4 is 14.4 Å². The molecule has 0 N–H and O–H groups in total. The van der Waals surface area contributed by atoms with Crippen LogP contribution >= 0.6 is 11.3 Å². The Morgan fingerprint density at radius 2 is 2.03 bits per heavy atom. The predicted molar refractivity (Wildman–Crippen MR) is 112 cm³/mol. The van der Waals surface area contributed by atoms with Gasteiger partial charge in [-0.3, -0.25) is 14.7 Å². The Morgan fingerprint density at radius 3 is 2.90 bits per heavy atom. The Kier molecular flexibility index (Phi) is 4.37. The fourth-order valence-corrected chi connectivity index (χ4v) is 4.28. The van der Waals surface area contributed by atoms with Crippen molar-refractivity contribution in [3.63, 3.8) is 0 Å². The number of rotatable bonds is 4. The molecule has 1 aliphatic heterocycles. The molecule has 0 bridgehead atoms. The summed E-state index contributed by atoms with van der Waals surface area (Å²) in [5, 5.41) is 0.650. The van der Waals surface area contributed by atoms with Gasteiger partial charge >= 0.3 is 0 Å². The third-order valence-corrected chi connectivity index (χ3v) is 5.73. The minimum Gasteiger partial charge on any atom is -0.454 e.